The average molecular weight is 388 g/mol. The summed E-state index contributed by atoms with van der Waals surface area (Å²) in [6.07, 6.45) is 4.70. The molecule has 6 nitrogen and oxygen atoms in total. The van der Waals surface area contributed by atoms with Gasteiger partial charge in [0, 0.05) is 24.4 Å². The summed E-state index contributed by atoms with van der Waals surface area (Å²) in [6.45, 7) is 2.38. The maximum absolute atomic E-state index is 13.2. The highest BCUT2D eigenvalue weighted by atomic mass is 19.1. The minimum absolute atomic E-state index is 0.100. The minimum Gasteiger partial charge on any atom is -0.486 e. The van der Waals surface area contributed by atoms with E-state index >= 15 is 0 Å². The monoisotopic (exact) mass is 388 g/mol. The summed E-state index contributed by atoms with van der Waals surface area (Å²) < 4.78 is 35.0. The number of hydrogen-bond acceptors (Lipinski definition) is 6. The van der Waals surface area contributed by atoms with Crippen molar-refractivity contribution in [1.29, 1.82) is 5.26 Å². The molecular formula is C21H25FN2O4. The van der Waals surface area contributed by atoms with Crippen molar-refractivity contribution < 1.29 is 23.3 Å². The average Bonchev–Trinajstić information content (AvgIpc) is 2.73. The standard InChI is InChI=1S/C21H25FN2O4/c1-3-4-21(28-19-6-5-16(12-23)17(9-19)11-22)18-10-20(14-24-13-18)27-15-26-8-7-25-2/h5-6,9-10,13-14,21H,3-4,7-8,11,15H2,1-2H3. The number of pyridine rings is 1. The van der Waals surface area contributed by atoms with Crippen molar-refractivity contribution in [2.75, 3.05) is 27.1 Å². The number of halogens is 1. The first kappa shape index (κ1) is 21.6. The quantitative estimate of drug-likeness (QED) is 0.398. The molecule has 0 spiro atoms. The maximum Gasteiger partial charge on any atom is 0.189 e. The number of alkyl halides is 1. The van der Waals surface area contributed by atoms with Crippen LogP contribution in [0.2, 0.25) is 0 Å². The number of aromatic nitrogens is 1. The van der Waals surface area contributed by atoms with Gasteiger partial charge >= 0.3 is 0 Å². The Balaban J connectivity index is 2.09. The molecule has 0 aliphatic rings. The van der Waals surface area contributed by atoms with Crippen molar-refractivity contribution in [1.82, 2.24) is 4.98 Å². The highest BCUT2D eigenvalue weighted by Crippen LogP contribution is 2.29. The van der Waals surface area contributed by atoms with Gasteiger partial charge in [0.2, 0.25) is 0 Å². The summed E-state index contributed by atoms with van der Waals surface area (Å²) in [4.78, 5) is 4.22. The summed E-state index contributed by atoms with van der Waals surface area (Å²) >= 11 is 0. The van der Waals surface area contributed by atoms with Gasteiger partial charge in [-0.05, 0) is 30.7 Å². The first-order valence-corrected chi connectivity index (χ1v) is 9.11. The lowest BCUT2D eigenvalue weighted by molar-refractivity contribution is -0.00872. The van der Waals surface area contributed by atoms with Crippen molar-refractivity contribution in [3.05, 3.63) is 53.3 Å². The van der Waals surface area contributed by atoms with Crippen molar-refractivity contribution >= 4 is 0 Å². The molecule has 0 N–H and O–H groups in total. The van der Waals surface area contributed by atoms with Crippen molar-refractivity contribution in [2.24, 2.45) is 0 Å². The van der Waals surface area contributed by atoms with Crippen LogP contribution in [-0.2, 0) is 16.1 Å². The smallest absolute Gasteiger partial charge is 0.189 e. The molecule has 0 saturated carbocycles. The van der Waals surface area contributed by atoms with Crippen LogP contribution in [0.1, 0.15) is 42.6 Å². The molecule has 7 heteroatoms. The van der Waals surface area contributed by atoms with Gasteiger partial charge in [-0.15, -0.1) is 0 Å². The van der Waals surface area contributed by atoms with Gasteiger partial charge in [-0.25, -0.2) is 4.39 Å². The van der Waals surface area contributed by atoms with Gasteiger partial charge in [0.05, 0.1) is 31.0 Å². The molecule has 2 aromatic rings. The van der Waals surface area contributed by atoms with E-state index in [0.717, 1.165) is 18.4 Å². The Bertz CT molecular complexity index is 779. The fraction of sp³-hybridized carbons (Fsp3) is 0.429. The van der Waals surface area contributed by atoms with Crippen LogP contribution < -0.4 is 9.47 Å². The Morgan fingerprint density at radius 2 is 2.04 bits per heavy atom. The molecule has 0 amide bonds. The topological polar surface area (TPSA) is 73.6 Å². The number of ether oxygens (including phenoxy) is 4. The predicted octanol–water partition coefficient (Wildman–Crippen LogP) is 4.34. The molecule has 0 aliphatic heterocycles. The lowest BCUT2D eigenvalue weighted by atomic mass is 10.1. The number of rotatable bonds is 12. The first-order chi connectivity index (χ1) is 13.7. The summed E-state index contributed by atoms with van der Waals surface area (Å²) in [7, 11) is 1.61. The maximum atomic E-state index is 13.2. The number of nitrogens with zero attached hydrogens (tertiary/aromatic N) is 2. The zero-order valence-electron chi connectivity index (χ0n) is 16.2. The van der Waals surface area contributed by atoms with Crippen molar-refractivity contribution in [3.8, 4) is 17.6 Å². The van der Waals surface area contributed by atoms with Crippen LogP contribution in [0.4, 0.5) is 4.39 Å². The molecule has 1 unspecified atom stereocenters. The zero-order valence-corrected chi connectivity index (χ0v) is 16.2. The molecule has 0 aliphatic carbocycles. The zero-order chi connectivity index (χ0) is 20.2. The van der Waals surface area contributed by atoms with E-state index < -0.39 is 6.67 Å². The molecule has 0 radical (unpaired) electrons. The highest BCUT2D eigenvalue weighted by Gasteiger charge is 2.15. The van der Waals surface area contributed by atoms with Gasteiger partial charge in [-0.2, -0.15) is 5.26 Å². The van der Waals surface area contributed by atoms with Crippen LogP contribution in [0.3, 0.4) is 0 Å². The van der Waals surface area contributed by atoms with Crippen LogP contribution in [0.25, 0.3) is 0 Å². The lowest BCUT2D eigenvalue weighted by Gasteiger charge is -2.20. The molecule has 1 aromatic heterocycles. The molecule has 1 atom stereocenters. The summed E-state index contributed by atoms with van der Waals surface area (Å²) in [5.41, 5.74) is 1.48. The van der Waals surface area contributed by atoms with Crippen LogP contribution in [0.15, 0.2) is 36.7 Å². The SMILES string of the molecule is CCCC(Oc1ccc(C#N)c(CF)c1)c1cncc(OCOCCOC)c1. The fourth-order valence-electron chi connectivity index (χ4n) is 2.58. The molecule has 1 aromatic carbocycles. The van der Waals surface area contributed by atoms with Crippen LogP contribution in [-0.4, -0.2) is 32.1 Å². The molecule has 150 valence electrons. The number of nitriles is 1. The Morgan fingerprint density at radius 1 is 1.18 bits per heavy atom. The summed E-state index contributed by atoms with van der Waals surface area (Å²) in [5, 5.41) is 9.04. The van der Waals surface area contributed by atoms with E-state index in [0.29, 0.717) is 35.8 Å². The van der Waals surface area contributed by atoms with Crippen molar-refractivity contribution in [2.45, 2.75) is 32.5 Å². The highest BCUT2D eigenvalue weighted by molar-refractivity contribution is 5.42. The third-order valence-electron chi connectivity index (χ3n) is 4.02. The number of benzene rings is 1. The van der Waals surface area contributed by atoms with E-state index in [9.17, 15) is 4.39 Å². The third kappa shape index (κ3) is 6.48. The lowest BCUT2D eigenvalue weighted by Crippen LogP contribution is -2.10. The second kappa shape index (κ2) is 11.9. The van der Waals surface area contributed by atoms with E-state index in [2.05, 4.69) is 11.9 Å². The minimum atomic E-state index is -0.716. The second-order valence-electron chi connectivity index (χ2n) is 6.08. The Labute approximate surface area is 164 Å². The second-order valence-corrected chi connectivity index (χ2v) is 6.08. The van der Waals surface area contributed by atoms with Gasteiger partial charge in [0.15, 0.2) is 6.79 Å². The van der Waals surface area contributed by atoms with Crippen LogP contribution in [0.5, 0.6) is 11.5 Å². The van der Waals surface area contributed by atoms with E-state index in [1.54, 1.807) is 37.7 Å². The largest absolute Gasteiger partial charge is 0.486 e. The van der Waals surface area contributed by atoms with E-state index in [-0.39, 0.29) is 12.9 Å². The van der Waals surface area contributed by atoms with E-state index in [4.69, 9.17) is 24.2 Å². The van der Waals surface area contributed by atoms with Gasteiger partial charge < -0.3 is 18.9 Å². The molecule has 0 fully saturated rings. The molecule has 2 rings (SSSR count). The summed E-state index contributed by atoms with van der Waals surface area (Å²) in [6, 6.07) is 8.65. The van der Waals surface area contributed by atoms with Crippen molar-refractivity contribution in [3.63, 3.8) is 0 Å². The normalized spacial score (nSPS) is 11.6. The van der Waals surface area contributed by atoms with Gasteiger partial charge in [0.1, 0.15) is 24.3 Å². The van der Waals surface area contributed by atoms with Gasteiger partial charge in [-0.3, -0.25) is 4.98 Å². The van der Waals surface area contributed by atoms with E-state index in [1.807, 2.05) is 12.1 Å². The first-order valence-electron chi connectivity index (χ1n) is 9.11. The van der Waals surface area contributed by atoms with Gasteiger partial charge in [-0.1, -0.05) is 13.3 Å². The predicted molar refractivity (Wildman–Crippen MR) is 102 cm³/mol. The summed E-state index contributed by atoms with van der Waals surface area (Å²) in [5.74, 6) is 1.09. The third-order valence-corrected chi connectivity index (χ3v) is 4.02. The number of hydrogen-bond donors (Lipinski definition) is 0. The Morgan fingerprint density at radius 3 is 2.75 bits per heavy atom. The Kier molecular flexibility index (Phi) is 9.19. The molecular weight excluding hydrogens is 363 g/mol. The Hall–Kier alpha value is -2.69. The van der Waals surface area contributed by atoms with Crippen LogP contribution in [0, 0.1) is 11.3 Å². The van der Waals surface area contributed by atoms with Crippen LogP contribution >= 0.6 is 0 Å². The molecule has 28 heavy (non-hydrogen) atoms. The fourth-order valence-corrected chi connectivity index (χ4v) is 2.58. The molecule has 0 saturated heterocycles. The molecule has 1 heterocycles. The molecule has 0 bridgehead atoms. The van der Waals surface area contributed by atoms with E-state index in [1.165, 1.54) is 0 Å². The van der Waals surface area contributed by atoms with Gasteiger partial charge in [0.25, 0.3) is 0 Å². The number of methoxy groups -OCH3 is 1.